The number of aromatic nitrogens is 2. The average molecular weight is 420 g/mol. The summed E-state index contributed by atoms with van der Waals surface area (Å²) in [5.41, 5.74) is 0.892. The zero-order chi connectivity index (χ0) is 19.8. The number of benzene rings is 1. The highest BCUT2D eigenvalue weighted by Crippen LogP contribution is 2.28. The van der Waals surface area contributed by atoms with Gasteiger partial charge in [0.1, 0.15) is 6.61 Å². The van der Waals surface area contributed by atoms with E-state index in [1.54, 1.807) is 25.5 Å². The second-order valence-electron chi connectivity index (χ2n) is 7.33. The predicted octanol–water partition coefficient (Wildman–Crippen LogP) is 4.10. The number of halogens is 1. The highest BCUT2D eigenvalue weighted by molar-refractivity contribution is 5.92. The summed E-state index contributed by atoms with van der Waals surface area (Å²) < 4.78 is 13.0. The maximum absolute atomic E-state index is 12.2. The smallest absolute Gasteiger partial charge is 0.244 e. The fourth-order valence-electron chi connectivity index (χ4n) is 3.41. The summed E-state index contributed by atoms with van der Waals surface area (Å²) in [4.78, 5) is 12.2. The van der Waals surface area contributed by atoms with Crippen molar-refractivity contribution >= 4 is 24.4 Å². The van der Waals surface area contributed by atoms with Crippen LogP contribution >= 0.6 is 12.4 Å². The molecule has 1 aliphatic carbocycles. The van der Waals surface area contributed by atoms with E-state index in [1.165, 1.54) is 12.8 Å². The van der Waals surface area contributed by atoms with Crippen molar-refractivity contribution in [2.75, 3.05) is 13.7 Å². The van der Waals surface area contributed by atoms with Crippen LogP contribution in [0, 0.1) is 5.92 Å². The number of rotatable bonds is 8. The highest BCUT2D eigenvalue weighted by Gasteiger charge is 2.18. The Labute approximate surface area is 178 Å². The molecule has 3 rings (SSSR count). The molecule has 1 N–H and O–H groups in total. The van der Waals surface area contributed by atoms with Crippen molar-refractivity contribution in [2.24, 2.45) is 5.92 Å². The normalized spacial score (nSPS) is 18.8. The molecule has 0 saturated heterocycles. The predicted molar refractivity (Wildman–Crippen MR) is 117 cm³/mol. The van der Waals surface area contributed by atoms with Crippen molar-refractivity contribution in [1.29, 1.82) is 0 Å². The van der Waals surface area contributed by atoms with Gasteiger partial charge in [-0.1, -0.05) is 13.0 Å². The lowest BCUT2D eigenvalue weighted by Crippen LogP contribution is -2.36. The minimum absolute atomic E-state index is 0. The lowest BCUT2D eigenvalue weighted by atomic mass is 9.87. The van der Waals surface area contributed by atoms with Crippen LogP contribution in [-0.2, 0) is 11.3 Å². The fraction of sp³-hybridized carbons (Fsp3) is 0.455. The second-order valence-corrected chi connectivity index (χ2v) is 7.33. The largest absolute Gasteiger partial charge is 0.493 e. The Morgan fingerprint density at radius 1 is 1.28 bits per heavy atom. The molecule has 1 aromatic heterocycles. The minimum Gasteiger partial charge on any atom is -0.493 e. The van der Waals surface area contributed by atoms with Crippen LogP contribution in [0.15, 0.2) is 42.7 Å². The van der Waals surface area contributed by atoms with E-state index in [9.17, 15) is 4.79 Å². The summed E-state index contributed by atoms with van der Waals surface area (Å²) in [6, 6.07) is 7.83. The zero-order valence-electron chi connectivity index (χ0n) is 17.0. The van der Waals surface area contributed by atoms with Gasteiger partial charge in [0, 0.05) is 24.5 Å². The molecule has 0 radical (unpaired) electrons. The fourth-order valence-corrected chi connectivity index (χ4v) is 3.41. The molecule has 0 atom stereocenters. The van der Waals surface area contributed by atoms with E-state index < -0.39 is 0 Å². The molecule has 7 heteroatoms. The van der Waals surface area contributed by atoms with Gasteiger partial charge in [0.15, 0.2) is 11.5 Å². The van der Waals surface area contributed by atoms with Crippen molar-refractivity contribution in [3.8, 4) is 11.5 Å². The molecule has 6 nitrogen and oxygen atoms in total. The first-order valence-corrected chi connectivity index (χ1v) is 9.91. The van der Waals surface area contributed by atoms with E-state index in [-0.39, 0.29) is 18.3 Å². The first-order valence-electron chi connectivity index (χ1n) is 9.91. The Balaban J connectivity index is 0.00000300. The quantitative estimate of drug-likeness (QED) is 0.654. The molecule has 0 unspecified atom stereocenters. The molecule has 1 aliphatic rings. The molecule has 1 heterocycles. The van der Waals surface area contributed by atoms with Crippen LogP contribution in [0.4, 0.5) is 0 Å². The number of hydrogen-bond acceptors (Lipinski definition) is 4. The van der Waals surface area contributed by atoms with Crippen LogP contribution in [0.25, 0.3) is 6.08 Å². The van der Waals surface area contributed by atoms with Gasteiger partial charge >= 0.3 is 0 Å². The van der Waals surface area contributed by atoms with Gasteiger partial charge in [-0.3, -0.25) is 9.48 Å². The third-order valence-corrected chi connectivity index (χ3v) is 5.11. The third kappa shape index (κ3) is 7.13. The van der Waals surface area contributed by atoms with E-state index >= 15 is 0 Å². The van der Waals surface area contributed by atoms with Gasteiger partial charge in [0.25, 0.3) is 0 Å². The summed E-state index contributed by atoms with van der Waals surface area (Å²) in [6.45, 7) is 3.43. The van der Waals surface area contributed by atoms with Gasteiger partial charge in [-0.05, 0) is 61.4 Å². The molecule has 1 aromatic carbocycles. The maximum Gasteiger partial charge on any atom is 0.244 e. The van der Waals surface area contributed by atoms with E-state index in [0.29, 0.717) is 30.7 Å². The molecule has 1 amide bonds. The summed E-state index contributed by atoms with van der Waals surface area (Å²) in [7, 11) is 1.61. The Hall–Kier alpha value is -2.47. The standard InChI is InChI=1S/C22H29N3O3.ClH/c1-17-4-8-19(9-5-17)24-22(26)11-7-18-6-10-20(21(16-18)27-2)28-15-14-25-13-3-12-23-25;/h3,6-7,10-13,16-17,19H,4-5,8-9,14-15H2,1-2H3,(H,24,26);1H. The van der Waals surface area contributed by atoms with E-state index in [0.717, 1.165) is 24.3 Å². The van der Waals surface area contributed by atoms with E-state index in [2.05, 4.69) is 17.3 Å². The van der Waals surface area contributed by atoms with Gasteiger partial charge in [-0.2, -0.15) is 5.10 Å². The van der Waals surface area contributed by atoms with Crippen LogP contribution in [-0.4, -0.2) is 35.4 Å². The van der Waals surface area contributed by atoms with Crippen LogP contribution in [0.5, 0.6) is 11.5 Å². The third-order valence-electron chi connectivity index (χ3n) is 5.11. The Morgan fingerprint density at radius 3 is 2.76 bits per heavy atom. The second kappa shape index (κ2) is 11.5. The number of amides is 1. The summed E-state index contributed by atoms with van der Waals surface area (Å²) in [5.74, 6) is 2.05. The molecule has 0 spiro atoms. The van der Waals surface area contributed by atoms with Gasteiger partial charge < -0.3 is 14.8 Å². The summed E-state index contributed by atoms with van der Waals surface area (Å²) in [5, 5.41) is 7.25. The van der Waals surface area contributed by atoms with Crippen molar-refractivity contribution in [3.05, 3.63) is 48.3 Å². The first kappa shape index (κ1) is 22.8. The first-order chi connectivity index (χ1) is 13.6. The van der Waals surface area contributed by atoms with Gasteiger partial charge in [-0.15, -0.1) is 12.4 Å². The Kier molecular flexibility index (Phi) is 9.06. The monoisotopic (exact) mass is 419 g/mol. The van der Waals surface area contributed by atoms with Crippen molar-refractivity contribution in [3.63, 3.8) is 0 Å². The minimum atomic E-state index is -0.0435. The number of carbonyl (C=O) groups is 1. The SMILES string of the molecule is COc1cc(C=CC(=O)NC2CCC(C)CC2)ccc1OCCn1cccn1.Cl. The molecule has 2 aromatic rings. The zero-order valence-corrected chi connectivity index (χ0v) is 17.9. The summed E-state index contributed by atoms with van der Waals surface area (Å²) >= 11 is 0. The van der Waals surface area contributed by atoms with Crippen molar-refractivity contribution in [2.45, 2.75) is 45.2 Å². The van der Waals surface area contributed by atoms with Gasteiger partial charge in [0.05, 0.1) is 13.7 Å². The Bertz CT molecular complexity index is 785. The molecular formula is C22H30ClN3O3. The summed E-state index contributed by atoms with van der Waals surface area (Å²) in [6.07, 6.45) is 11.5. The van der Waals surface area contributed by atoms with E-state index in [1.807, 2.05) is 35.1 Å². The molecular weight excluding hydrogens is 390 g/mol. The van der Waals surface area contributed by atoms with E-state index in [4.69, 9.17) is 9.47 Å². The molecule has 29 heavy (non-hydrogen) atoms. The molecule has 1 fully saturated rings. The van der Waals surface area contributed by atoms with Crippen LogP contribution in [0.3, 0.4) is 0 Å². The van der Waals surface area contributed by atoms with Crippen LogP contribution < -0.4 is 14.8 Å². The number of carbonyl (C=O) groups excluding carboxylic acids is 1. The number of methoxy groups -OCH3 is 1. The van der Waals surface area contributed by atoms with Gasteiger partial charge in [0.2, 0.25) is 5.91 Å². The van der Waals surface area contributed by atoms with Crippen LogP contribution in [0.2, 0.25) is 0 Å². The number of nitrogens with zero attached hydrogens (tertiary/aromatic N) is 2. The lowest BCUT2D eigenvalue weighted by molar-refractivity contribution is -0.117. The Morgan fingerprint density at radius 2 is 2.07 bits per heavy atom. The number of ether oxygens (including phenoxy) is 2. The highest BCUT2D eigenvalue weighted by atomic mass is 35.5. The number of hydrogen-bond donors (Lipinski definition) is 1. The van der Waals surface area contributed by atoms with Crippen LogP contribution in [0.1, 0.15) is 38.2 Å². The van der Waals surface area contributed by atoms with Gasteiger partial charge in [-0.25, -0.2) is 0 Å². The average Bonchev–Trinajstić information content (AvgIpc) is 3.22. The molecule has 0 bridgehead atoms. The topological polar surface area (TPSA) is 65.4 Å². The molecule has 158 valence electrons. The maximum atomic E-state index is 12.2. The number of nitrogens with one attached hydrogen (secondary N) is 1. The van der Waals surface area contributed by atoms with Crippen molar-refractivity contribution in [1.82, 2.24) is 15.1 Å². The lowest BCUT2D eigenvalue weighted by Gasteiger charge is -2.26. The molecule has 0 aliphatic heterocycles. The molecule has 1 saturated carbocycles. The van der Waals surface area contributed by atoms with Crippen molar-refractivity contribution < 1.29 is 14.3 Å².